The number of rotatable bonds is 3. The summed E-state index contributed by atoms with van der Waals surface area (Å²) in [5, 5.41) is 11.8. The Morgan fingerprint density at radius 3 is 2.89 bits per heavy atom. The van der Waals surface area contributed by atoms with Gasteiger partial charge in [-0.15, -0.1) is 11.3 Å². The molecule has 1 heterocycles. The molecule has 3 nitrogen and oxygen atoms in total. The van der Waals surface area contributed by atoms with E-state index in [1.54, 1.807) is 4.90 Å². The van der Waals surface area contributed by atoms with E-state index in [0.717, 1.165) is 35.0 Å². The first kappa shape index (κ1) is 14.0. The van der Waals surface area contributed by atoms with Gasteiger partial charge in [-0.1, -0.05) is 12.8 Å². The Hall–Kier alpha value is -0.390. The highest BCUT2D eigenvalue weighted by Crippen LogP contribution is 2.27. The van der Waals surface area contributed by atoms with Crippen molar-refractivity contribution in [3.8, 4) is 0 Å². The zero-order valence-corrected chi connectivity index (χ0v) is 12.8. The number of hydrogen-bond acceptors (Lipinski definition) is 3. The second-order valence-electron chi connectivity index (χ2n) is 4.90. The summed E-state index contributed by atoms with van der Waals surface area (Å²) in [6, 6.07) is 1.89. The van der Waals surface area contributed by atoms with Crippen molar-refractivity contribution in [1.29, 1.82) is 0 Å². The highest BCUT2D eigenvalue weighted by Gasteiger charge is 2.26. The Bertz CT molecular complexity index is 421. The Morgan fingerprint density at radius 1 is 1.56 bits per heavy atom. The van der Waals surface area contributed by atoms with Gasteiger partial charge in [-0.2, -0.15) is 0 Å². The van der Waals surface area contributed by atoms with Gasteiger partial charge in [0.05, 0.1) is 6.10 Å². The molecule has 1 amide bonds. The van der Waals surface area contributed by atoms with E-state index in [-0.39, 0.29) is 17.9 Å². The summed E-state index contributed by atoms with van der Waals surface area (Å²) in [6.45, 7) is 0.643. The molecular formula is C13H18BrNO2S. The maximum atomic E-state index is 12.2. The van der Waals surface area contributed by atoms with Crippen molar-refractivity contribution in [2.45, 2.75) is 31.8 Å². The number of aliphatic hydroxyl groups excluding tert-OH is 1. The van der Waals surface area contributed by atoms with Crippen molar-refractivity contribution in [3.63, 3.8) is 0 Å². The highest BCUT2D eigenvalue weighted by molar-refractivity contribution is 9.10. The number of halogens is 1. The van der Waals surface area contributed by atoms with Crippen molar-refractivity contribution in [3.05, 3.63) is 20.8 Å². The molecule has 0 bridgehead atoms. The van der Waals surface area contributed by atoms with Crippen LogP contribution in [0, 0.1) is 5.92 Å². The van der Waals surface area contributed by atoms with Crippen molar-refractivity contribution >= 4 is 33.2 Å². The molecule has 0 saturated heterocycles. The molecule has 0 aromatic carbocycles. The van der Waals surface area contributed by atoms with Crippen LogP contribution in [0.5, 0.6) is 0 Å². The summed E-state index contributed by atoms with van der Waals surface area (Å²) in [7, 11) is 1.82. The Kier molecular flexibility index (Phi) is 4.81. The minimum Gasteiger partial charge on any atom is -0.393 e. The highest BCUT2D eigenvalue weighted by atomic mass is 79.9. The van der Waals surface area contributed by atoms with E-state index in [1.807, 2.05) is 18.5 Å². The molecule has 5 heteroatoms. The van der Waals surface area contributed by atoms with Crippen LogP contribution in [0.15, 0.2) is 15.9 Å². The van der Waals surface area contributed by atoms with Crippen molar-refractivity contribution in [2.75, 3.05) is 13.6 Å². The topological polar surface area (TPSA) is 40.5 Å². The number of nitrogens with zero attached hydrogens (tertiary/aromatic N) is 1. The standard InChI is InChI=1S/C13H18BrNO2S/c1-15(8-9-4-2-3-5-11(9)16)13(17)12-10(14)6-7-18-12/h6-7,9,11,16H,2-5,8H2,1H3. The van der Waals surface area contributed by atoms with E-state index in [9.17, 15) is 9.90 Å². The molecular weight excluding hydrogens is 314 g/mol. The molecule has 100 valence electrons. The van der Waals surface area contributed by atoms with Crippen LogP contribution in [0.3, 0.4) is 0 Å². The summed E-state index contributed by atoms with van der Waals surface area (Å²) in [6.07, 6.45) is 3.90. The third kappa shape index (κ3) is 3.13. The number of carbonyl (C=O) groups excluding carboxylic acids is 1. The van der Waals surface area contributed by atoms with Crippen LogP contribution in [-0.4, -0.2) is 35.6 Å². The van der Waals surface area contributed by atoms with E-state index >= 15 is 0 Å². The normalized spacial score (nSPS) is 23.9. The van der Waals surface area contributed by atoms with Gasteiger partial charge in [0.15, 0.2) is 0 Å². The van der Waals surface area contributed by atoms with E-state index in [0.29, 0.717) is 6.54 Å². The number of thiophene rings is 1. The summed E-state index contributed by atoms with van der Waals surface area (Å²) in [5.41, 5.74) is 0. The predicted molar refractivity (Wildman–Crippen MR) is 76.9 cm³/mol. The molecule has 1 N–H and O–H groups in total. The zero-order valence-electron chi connectivity index (χ0n) is 10.4. The van der Waals surface area contributed by atoms with Crippen LogP contribution >= 0.6 is 27.3 Å². The first-order valence-electron chi connectivity index (χ1n) is 6.26. The zero-order chi connectivity index (χ0) is 13.1. The molecule has 1 aliphatic carbocycles. The minimum atomic E-state index is -0.249. The van der Waals surface area contributed by atoms with E-state index in [1.165, 1.54) is 11.3 Å². The summed E-state index contributed by atoms with van der Waals surface area (Å²) in [5.74, 6) is 0.265. The lowest BCUT2D eigenvalue weighted by molar-refractivity contribution is 0.0453. The Balaban J connectivity index is 1.97. The van der Waals surface area contributed by atoms with Gasteiger partial charge < -0.3 is 10.0 Å². The molecule has 0 spiro atoms. The number of hydrogen-bond donors (Lipinski definition) is 1. The van der Waals surface area contributed by atoms with Gasteiger partial charge in [0.2, 0.25) is 0 Å². The lowest BCUT2D eigenvalue weighted by Gasteiger charge is -2.31. The smallest absolute Gasteiger partial charge is 0.264 e. The summed E-state index contributed by atoms with van der Waals surface area (Å²) < 4.78 is 0.855. The fourth-order valence-corrected chi connectivity index (χ4v) is 3.99. The average molecular weight is 332 g/mol. The Morgan fingerprint density at radius 2 is 2.28 bits per heavy atom. The van der Waals surface area contributed by atoms with Crippen molar-refractivity contribution in [2.24, 2.45) is 5.92 Å². The van der Waals surface area contributed by atoms with Gasteiger partial charge in [-0.25, -0.2) is 0 Å². The van der Waals surface area contributed by atoms with Crippen LogP contribution in [-0.2, 0) is 0 Å². The molecule has 18 heavy (non-hydrogen) atoms. The van der Waals surface area contributed by atoms with Crippen molar-refractivity contribution < 1.29 is 9.90 Å². The van der Waals surface area contributed by atoms with Crippen LogP contribution in [0.1, 0.15) is 35.4 Å². The molecule has 0 radical (unpaired) electrons. The quantitative estimate of drug-likeness (QED) is 0.924. The monoisotopic (exact) mass is 331 g/mol. The number of aliphatic hydroxyl groups is 1. The van der Waals surface area contributed by atoms with E-state index in [2.05, 4.69) is 15.9 Å². The fraction of sp³-hybridized carbons (Fsp3) is 0.615. The van der Waals surface area contributed by atoms with Gasteiger partial charge in [-0.3, -0.25) is 4.79 Å². The molecule has 2 unspecified atom stereocenters. The van der Waals surface area contributed by atoms with Crippen LogP contribution in [0.25, 0.3) is 0 Å². The third-order valence-corrected chi connectivity index (χ3v) is 5.36. The van der Waals surface area contributed by atoms with Gasteiger partial charge >= 0.3 is 0 Å². The molecule has 1 fully saturated rings. The SMILES string of the molecule is CN(CC1CCCCC1O)C(=O)c1sccc1Br. The largest absolute Gasteiger partial charge is 0.393 e. The molecule has 2 atom stereocenters. The molecule has 1 aromatic heterocycles. The van der Waals surface area contributed by atoms with Gasteiger partial charge in [0.25, 0.3) is 5.91 Å². The fourth-order valence-electron chi connectivity index (χ4n) is 2.46. The first-order valence-corrected chi connectivity index (χ1v) is 7.93. The maximum Gasteiger partial charge on any atom is 0.264 e. The van der Waals surface area contributed by atoms with Crippen LogP contribution in [0.4, 0.5) is 0 Å². The van der Waals surface area contributed by atoms with Crippen LogP contribution < -0.4 is 0 Å². The van der Waals surface area contributed by atoms with Crippen molar-refractivity contribution in [1.82, 2.24) is 4.90 Å². The van der Waals surface area contributed by atoms with E-state index < -0.39 is 0 Å². The molecule has 1 saturated carbocycles. The number of carbonyl (C=O) groups is 1. The lowest BCUT2D eigenvalue weighted by atomic mass is 9.86. The van der Waals surface area contributed by atoms with Gasteiger partial charge in [0, 0.05) is 24.0 Å². The summed E-state index contributed by atoms with van der Waals surface area (Å²) >= 11 is 4.83. The van der Waals surface area contributed by atoms with Gasteiger partial charge in [0.1, 0.15) is 4.88 Å². The molecule has 1 aliphatic rings. The Labute approximate surface area is 120 Å². The number of amides is 1. The molecule has 2 rings (SSSR count). The lowest BCUT2D eigenvalue weighted by Crippen LogP contribution is -2.37. The molecule has 1 aromatic rings. The first-order chi connectivity index (χ1) is 8.59. The predicted octanol–water partition coefficient (Wildman–Crippen LogP) is 3.13. The van der Waals surface area contributed by atoms with E-state index in [4.69, 9.17) is 0 Å². The maximum absolute atomic E-state index is 12.2. The van der Waals surface area contributed by atoms with Gasteiger partial charge in [-0.05, 0) is 40.2 Å². The molecule has 0 aliphatic heterocycles. The van der Waals surface area contributed by atoms with Crippen LogP contribution in [0.2, 0.25) is 0 Å². The third-order valence-electron chi connectivity index (χ3n) is 3.54. The second-order valence-corrected chi connectivity index (χ2v) is 6.67. The minimum absolute atomic E-state index is 0.0367. The second kappa shape index (κ2) is 6.17. The average Bonchev–Trinajstić information content (AvgIpc) is 2.77. The summed E-state index contributed by atoms with van der Waals surface area (Å²) in [4.78, 5) is 14.7.